The Morgan fingerprint density at radius 3 is 2.72 bits per heavy atom. The molecule has 0 aliphatic carbocycles. The summed E-state index contributed by atoms with van der Waals surface area (Å²) in [6, 6.07) is 3.30. The van der Waals surface area contributed by atoms with Crippen LogP contribution in [-0.2, 0) is 0 Å². The van der Waals surface area contributed by atoms with Crippen LogP contribution in [0.2, 0.25) is 0 Å². The maximum Gasteiger partial charge on any atom is 0.138 e. The first-order valence-electron chi connectivity index (χ1n) is 6.38. The van der Waals surface area contributed by atoms with Crippen molar-refractivity contribution in [3.63, 3.8) is 0 Å². The summed E-state index contributed by atoms with van der Waals surface area (Å²) in [6.45, 7) is 6.52. The Hall–Kier alpha value is -0.520. The number of nitrogens with zero attached hydrogens (tertiary/aromatic N) is 1. The first-order chi connectivity index (χ1) is 8.39. The summed E-state index contributed by atoms with van der Waals surface area (Å²) in [4.78, 5) is 2.23. The molecule has 1 aliphatic rings. The molecule has 0 amide bonds. The van der Waals surface area contributed by atoms with E-state index in [9.17, 15) is 4.39 Å². The van der Waals surface area contributed by atoms with Crippen molar-refractivity contribution < 1.29 is 4.39 Å². The highest BCUT2D eigenvalue weighted by atomic mass is 127. The molecule has 100 valence electrons. The molecule has 1 saturated heterocycles. The zero-order chi connectivity index (χ0) is 13.3. The summed E-state index contributed by atoms with van der Waals surface area (Å²) in [5.41, 5.74) is 7.94. The first kappa shape index (κ1) is 13.9. The minimum Gasteiger partial charge on any atom is -0.397 e. The Morgan fingerprint density at radius 2 is 2.00 bits per heavy atom. The molecule has 2 rings (SSSR count). The number of anilines is 2. The second-order valence-corrected chi connectivity index (χ2v) is 6.99. The normalized spacial score (nSPS) is 19.7. The molecular formula is C14H20FIN2. The first-order valence-corrected chi connectivity index (χ1v) is 7.46. The highest BCUT2D eigenvalue weighted by Gasteiger charge is 2.24. The fraction of sp³-hybridized carbons (Fsp3) is 0.571. The van der Waals surface area contributed by atoms with E-state index in [1.54, 1.807) is 12.1 Å². The van der Waals surface area contributed by atoms with Gasteiger partial charge in [-0.2, -0.15) is 0 Å². The molecule has 4 heteroatoms. The molecular weight excluding hydrogens is 342 g/mol. The van der Waals surface area contributed by atoms with Crippen LogP contribution in [0.25, 0.3) is 0 Å². The van der Waals surface area contributed by atoms with E-state index in [0.29, 0.717) is 14.7 Å². The Bertz CT molecular complexity index is 446. The minimum absolute atomic E-state index is 0.177. The van der Waals surface area contributed by atoms with Gasteiger partial charge in [0.25, 0.3) is 0 Å². The highest BCUT2D eigenvalue weighted by Crippen LogP contribution is 2.34. The fourth-order valence-electron chi connectivity index (χ4n) is 2.49. The zero-order valence-corrected chi connectivity index (χ0v) is 13.1. The van der Waals surface area contributed by atoms with E-state index in [4.69, 9.17) is 5.73 Å². The number of hydrogen-bond acceptors (Lipinski definition) is 2. The summed E-state index contributed by atoms with van der Waals surface area (Å²) in [5.74, 6) is -0.177. The molecule has 1 fully saturated rings. The molecule has 2 nitrogen and oxygen atoms in total. The molecule has 1 heterocycles. The van der Waals surface area contributed by atoms with Gasteiger partial charge in [0.05, 0.1) is 14.9 Å². The standard InChI is InChI=1S/C14H20FIN2/c1-14(2)4-3-6-18(7-5-14)13-8-10(15)11(16)9-12(13)17/h8-9H,3-7,17H2,1-2H3. The third-order valence-electron chi connectivity index (χ3n) is 3.75. The van der Waals surface area contributed by atoms with E-state index in [1.807, 2.05) is 22.6 Å². The lowest BCUT2D eigenvalue weighted by molar-refractivity contribution is 0.325. The van der Waals surface area contributed by atoms with Crippen LogP contribution >= 0.6 is 22.6 Å². The Kier molecular flexibility index (Phi) is 4.04. The summed E-state index contributed by atoms with van der Waals surface area (Å²) in [5, 5.41) is 0. The molecule has 1 aromatic carbocycles. The van der Waals surface area contributed by atoms with Gasteiger partial charge in [-0.1, -0.05) is 13.8 Å². The molecule has 18 heavy (non-hydrogen) atoms. The van der Waals surface area contributed by atoms with Gasteiger partial charge in [0, 0.05) is 19.2 Å². The second-order valence-electron chi connectivity index (χ2n) is 5.83. The van der Waals surface area contributed by atoms with Crippen LogP contribution in [0.15, 0.2) is 12.1 Å². The summed E-state index contributed by atoms with van der Waals surface area (Å²) < 4.78 is 14.3. The summed E-state index contributed by atoms with van der Waals surface area (Å²) >= 11 is 1.98. The van der Waals surface area contributed by atoms with Crippen LogP contribution in [0.1, 0.15) is 33.1 Å². The van der Waals surface area contributed by atoms with E-state index in [1.165, 1.54) is 6.42 Å². The molecule has 0 atom stereocenters. The van der Waals surface area contributed by atoms with Crippen LogP contribution in [0.5, 0.6) is 0 Å². The lowest BCUT2D eigenvalue weighted by atomic mass is 9.85. The van der Waals surface area contributed by atoms with Gasteiger partial charge in [-0.15, -0.1) is 0 Å². The van der Waals surface area contributed by atoms with Gasteiger partial charge in [-0.25, -0.2) is 4.39 Å². The Balaban J connectivity index is 2.24. The van der Waals surface area contributed by atoms with Crippen LogP contribution in [-0.4, -0.2) is 13.1 Å². The monoisotopic (exact) mass is 362 g/mol. The van der Waals surface area contributed by atoms with E-state index in [2.05, 4.69) is 18.7 Å². The number of nitrogen functional groups attached to an aromatic ring is 1. The van der Waals surface area contributed by atoms with Gasteiger partial charge in [-0.05, 0) is 53.3 Å². The molecule has 1 aliphatic heterocycles. The van der Waals surface area contributed by atoms with Crippen LogP contribution in [0.3, 0.4) is 0 Å². The van der Waals surface area contributed by atoms with Gasteiger partial charge in [0.2, 0.25) is 0 Å². The number of halogens is 2. The van der Waals surface area contributed by atoms with Crippen molar-refractivity contribution in [2.24, 2.45) is 5.41 Å². The van der Waals surface area contributed by atoms with Crippen LogP contribution < -0.4 is 10.6 Å². The number of nitrogens with two attached hydrogens (primary N) is 1. The maximum atomic E-state index is 13.7. The molecule has 0 unspecified atom stereocenters. The third-order valence-corrected chi connectivity index (χ3v) is 4.58. The second kappa shape index (κ2) is 5.23. The third kappa shape index (κ3) is 3.08. The van der Waals surface area contributed by atoms with Crippen LogP contribution in [0, 0.1) is 14.8 Å². The largest absolute Gasteiger partial charge is 0.397 e. The van der Waals surface area contributed by atoms with Crippen molar-refractivity contribution in [1.29, 1.82) is 0 Å². The van der Waals surface area contributed by atoms with E-state index < -0.39 is 0 Å². The van der Waals surface area contributed by atoms with Gasteiger partial charge < -0.3 is 10.6 Å². The van der Waals surface area contributed by atoms with Gasteiger partial charge >= 0.3 is 0 Å². The molecule has 0 radical (unpaired) electrons. The Morgan fingerprint density at radius 1 is 1.28 bits per heavy atom. The van der Waals surface area contributed by atoms with Crippen molar-refractivity contribution >= 4 is 34.0 Å². The minimum atomic E-state index is -0.177. The van der Waals surface area contributed by atoms with Gasteiger partial charge in [0.15, 0.2) is 0 Å². The number of hydrogen-bond donors (Lipinski definition) is 1. The number of rotatable bonds is 1. The molecule has 1 aromatic rings. The topological polar surface area (TPSA) is 29.3 Å². The fourth-order valence-corrected chi connectivity index (χ4v) is 2.98. The molecule has 2 N–H and O–H groups in total. The van der Waals surface area contributed by atoms with Gasteiger partial charge in [0.1, 0.15) is 5.82 Å². The lowest BCUT2D eigenvalue weighted by Gasteiger charge is -2.26. The van der Waals surface area contributed by atoms with Crippen molar-refractivity contribution in [2.45, 2.75) is 33.1 Å². The van der Waals surface area contributed by atoms with Crippen molar-refractivity contribution in [2.75, 3.05) is 23.7 Å². The van der Waals surface area contributed by atoms with Crippen molar-refractivity contribution in [3.8, 4) is 0 Å². The Labute approximate surface area is 122 Å². The average molecular weight is 362 g/mol. The quantitative estimate of drug-likeness (QED) is 0.604. The molecule has 0 bridgehead atoms. The molecule has 0 spiro atoms. The summed E-state index contributed by atoms with van der Waals surface area (Å²) in [7, 11) is 0. The number of benzene rings is 1. The zero-order valence-electron chi connectivity index (χ0n) is 11.0. The van der Waals surface area contributed by atoms with Crippen molar-refractivity contribution in [3.05, 3.63) is 21.5 Å². The molecule has 0 saturated carbocycles. The lowest BCUT2D eigenvalue weighted by Crippen LogP contribution is -2.26. The predicted octanol–water partition coefficient (Wildman–Crippen LogP) is 4.03. The highest BCUT2D eigenvalue weighted by molar-refractivity contribution is 14.1. The molecule has 0 aromatic heterocycles. The van der Waals surface area contributed by atoms with E-state index in [0.717, 1.165) is 31.6 Å². The van der Waals surface area contributed by atoms with E-state index >= 15 is 0 Å². The predicted molar refractivity (Wildman–Crippen MR) is 83.4 cm³/mol. The average Bonchev–Trinajstić information content (AvgIpc) is 2.45. The van der Waals surface area contributed by atoms with Crippen LogP contribution in [0.4, 0.5) is 15.8 Å². The smallest absolute Gasteiger partial charge is 0.138 e. The SMILES string of the molecule is CC1(C)CCCN(c2cc(F)c(I)cc2N)CC1. The summed E-state index contributed by atoms with van der Waals surface area (Å²) in [6.07, 6.45) is 3.48. The maximum absolute atomic E-state index is 13.7. The van der Waals surface area contributed by atoms with E-state index in [-0.39, 0.29) is 5.82 Å². The van der Waals surface area contributed by atoms with Crippen molar-refractivity contribution in [1.82, 2.24) is 0 Å². The van der Waals surface area contributed by atoms with Gasteiger partial charge in [-0.3, -0.25) is 0 Å².